The van der Waals surface area contributed by atoms with Crippen LogP contribution in [0.2, 0.25) is 10.0 Å². The third-order valence-corrected chi connectivity index (χ3v) is 3.58. The van der Waals surface area contributed by atoms with Crippen molar-refractivity contribution in [2.24, 2.45) is 5.10 Å². The van der Waals surface area contributed by atoms with Gasteiger partial charge in [-0.3, -0.25) is 19.7 Å². The number of hydrogen-bond donors (Lipinski definition) is 2. The number of non-ortho nitro benzene ring substituents is 1. The molecule has 0 heterocycles. The van der Waals surface area contributed by atoms with Gasteiger partial charge in [-0.2, -0.15) is 5.10 Å². The molecule has 0 radical (unpaired) electrons. The molecule has 0 aliphatic carbocycles. The van der Waals surface area contributed by atoms with E-state index >= 15 is 0 Å². The maximum Gasteiger partial charge on any atom is 0.329 e. The van der Waals surface area contributed by atoms with Crippen molar-refractivity contribution in [3.8, 4) is 0 Å². The minimum atomic E-state index is -1.02. The lowest BCUT2D eigenvalue weighted by atomic mass is 10.2. The molecule has 10 heteroatoms. The van der Waals surface area contributed by atoms with Crippen LogP contribution >= 0.6 is 23.2 Å². The number of carbonyl (C=O) groups is 2. The van der Waals surface area contributed by atoms with E-state index in [2.05, 4.69) is 10.4 Å². The molecule has 0 aliphatic rings. The monoisotopic (exact) mass is 380 g/mol. The normalized spacial score (nSPS) is 10.5. The Kier molecular flexibility index (Phi) is 6.04. The Labute approximate surface area is 151 Å². The van der Waals surface area contributed by atoms with E-state index in [0.29, 0.717) is 10.6 Å². The van der Waals surface area contributed by atoms with E-state index in [9.17, 15) is 19.7 Å². The van der Waals surface area contributed by atoms with E-state index in [4.69, 9.17) is 23.2 Å². The van der Waals surface area contributed by atoms with Gasteiger partial charge < -0.3 is 5.32 Å². The van der Waals surface area contributed by atoms with Crippen LogP contribution in [0.4, 0.5) is 11.4 Å². The second-order valence-corrected chi connectivity index (χ2v) is 5.45. The van der Waals surface area contributed by atoms with Crippen molar-refractivity contribution in [2.45, 2.75) is 0 Å². The molecule has 25 heavy (non-hydrogen) atoms. The minimum absolute atomic E-state index is 0.118. The van der Waals surface area contributed by atoms with Crippen molar-refractivity contribution < 1.29 is 14.5 Å². The van der Waals surface area contributed by atoms with Crippen LogP contribution in [0.5, 0.6) is 0 Å². The number of nitrogens with zero attached hydrogens (tertiary/aromatic N) is 2. The molecule has 2 aromatic rings. The number of nitro benzene ring substituents is 1. The smallest absolute Gasteiger partial charge is 0.318 e. The van der Waals surface area contributed by atoms with Crippen molar-refractivity contribution in [1.82, 2.24) is 5.43 Å². The number of benzene rings is 2. The first kappa shape index (κ1) is 18.4. The van der Waals surface area contributed by atoms with Gasteiger partial charge in [0, 0.05) is 23.4 Å². The van der Waals surface area contributed by atoms with Crippen LogP contribution in [0.15, 0.2) is 47.6 Å². The number of rotatable bonds is 4. The van der Waals surface area contributed by atoms with Gasteiger partial charge >= 0.3 is 11.8 Å². The molecule has 128 valence electrons. The van der Waals surface area contributed by atoms with Crippen molar-refractivity contribution in [3.63, 3.8) is 0 Å². The van der Waals surface area contributed by atoms with E-state index in [-0.39, 0.29) is 16.4 Å². The lowest BCUT2D eigenvalue weighted by molar-refractivity contribution is -0.384. The zero-order valence-electron chi connectivity index (χ0n) is 12.4. The zero-order chi connectivity index (χ0) is 18.4. The summed E-state index contributed by atoms with van der Waals surface area (Å²) in [6, 6.07) is 9.95. The van der Waals surface area contributed by atoms with Gasteiger partial charge in [0.2, 0.25) is 0 Å². The van der Waals surface area contributed by atoms with Crippen molar-refractivity contribution in [2.75, 3.05) is 5.32 Å². The van der Waals surface area contributed by atoms with Crippen molar-refractivity contribution in [3.05, 3.63) is 68.2 Å². The average molecular weight is 381 g/mol. The number of nitro groups is 1. The fraction of sp³-hybridized carbons (Fsp3) is 0. The highest BCUT2D eigenvalue weighted by Gasteiger charge is 2.13. The number of anilines is 1. The molecule has 0 saturated heterocycles. The molecule has 8 nitrogen and oxygen atoms in total. The highest BCUT2D eigenvalue weighted by Crippen LogP contribution is 2.24. The maximum absolute atomic E-state index is 11.7. The molecule has 0 spiro atoms. The molecular formula is C15H10Cl2N4O4. The Hall–Kier alpha value is -2.97. The third kappa shape index (κ3) is 5.27. The molecule has 0 aromatic heterocycles. The Morgan fingerprint density at radius 2 is 1.84 bits per heavy atom. The number of nitrogens with one attached hydrogen (secondary N) is 2. The molecule has 2 amide bonds. The lowest BCUT2D eigenvalue weighted by Crippen LogP contribution is -2.32. The Morgan fingerprint density at radius 1 is 1.08 bits per heavy atom. The van der Waals surface area contributed by atoms with E-state index in [1.807, 2.05) is 5.43 Å². The Bertz CT molecular complexity index is 870. The summed E-state index contributed by atoms with van der Waals surface area (Å²) >= 11 is 11.6. The highest BCUT2D eigenvalue weighted by atomic mass is 35.5. The summed E-state index contributed by atoms with van der Waals surface area (Å²) in [6.45, 7) is 0. The van der Waals surface area contributed by atoms with E-state index in [0.717, 1.165) is 0 Å². The molecule has 0 atom stereocenters. The third-order valence-electron chi connectivity index (χ3n) is 2.84. The van der Waals surface area contributed by atoms with Crippen LogP contribution in [0.25, 0.3) is 0 Å². The second kappa shape index (κ2) is 8.22. The number of hydrazone groups is 1. The summed E-state index contributed by atoms with van der Waals surface area (Å²) in [5.41, 5.74) is 2.57. The van der Waals surface area contributed by atoms with Gasteiger partial charge in [0.15, 0.2) is 0 Å². The summed E-state index contributed by atoms with van der Waals surface area (Å²) in [5, 5.41) is 17.1. The van der Waals surface area contributed by atoms with Crippen LogP contribution in [0.1, 0.15) is 5.56 Å². The first-order chi connectivity index (χ1) is 11.9. The SMILES string of the molecule is O=C(N/N=C/c1cccc([N+](=O)[O-])c1)C(=O)Nc1ccc(Cl)c(Cl)c1. The zero-order valence-corrected chi connectivity index (χ0v) is 13.9. The summed E-state index contributed by atoms with van der Waals surface area (Å²) in [7, 11) is 0. The van der Waals surface area contributed by atoms with Gasteiger partial charge in [0.05, 0.1) is 21.2 Å². The van der Waals surface area contributed by atoms with E-state index in [1.165, 1.54) is 42.6 Å². The molecule has 2 aromatic carbocycles. The highest BCUT2D eigenvalue weighted by molar-refractivity contribution is 6.42. The number of halogens is 2. The van der Waals surface area contributed by atoms with Crippen LogP contribution in [-0.2, 0) is 9.59 Å². The number of hydrogen-bond acceptors (Lipinski definition) is 5. The summed E-state index contributed by atoms with van der Waals surface area (Å²) in [5.74, 6) is -1.98. The summed E-state index contributed by atoms with van der Waals surface area (Å²) < 4.78 is 0. The quantitative estimate of drug-likeness (QED) is 0.367. The topological polar surface area (TPSA) is 114 Å². The summed E-state index contributed by atoms with van der Waals surface area (Å²) in [4.78, 5) is 33.5. The van der Waals surface area contributed by atoms with Crippen LogP contribution in [-0.4, -0.2) is 23.0 Å². The average Bonchev–Trinajstić information content (AvgIpc) is 2.58. The number of carbonyl (C=O) groups excluding carboxylic acids is 2. The second-order valence-electron chi connectivity index (χ2n) is 4.63. The van der Waals surface area contributed by atoms with Gasteiger partial charge in [0.25, 0.3) is 5.69 Å². The first-order valence-corrected chi connectivity index (χ1v) is 7.46. The van der Waals surface area contributed by atoms with Gasteiger partial charge in [0.1, 0.15) is 0 Å². The first-order valence-electron chi connectivity index (χ1n) is 6.70. The lowest BCUT2D eigenvalue weighted by Gasteiger charge is -2.05. The molecule has 0 bridgehead atoms. The molecule has 0 unspecified atom stereocenters. The standard InChI is InChI=1S/C15H10Cl2N4O4/c16-12-5-4-10(7-13(12)17)19-14(22)15(23)20-18-8-9-2-1-3-11(6-9)21(24)25/h1-8H,(H,19,22)(H,20,23)/b18-8+. The van der Waals surface area contributed by atoms with Crippen LogP contribution in [0, 0.1) is 10.1 Å². The van der Waals surface area contributed by atoms with Gasteiger partial charge in [-0.25, -0.2) is 5.43 Å². The molecule has 2 N–H and O–H groups in total. The van der Waals surface area contributed by atoms with Crippen molar-refractivity contribution >= 4 is 52.6 Å². The fourth-order valence-electron chi connectivity index (χ4n) is 1.70. The Balaban J connectivity index is 1.94. The predicted molar refractivity (Wildman–Crippen MR) is 93.9 cm³/mol. The predicted octanol–water partition coefficient (Wildman–Crippen LogP) is 2.99. The van der Waals surface area contributed by atoms with Gasteiger partial charge in [-0.1, -0.05) is 35.3 Å². The van der Waals surface area contributed by atoms with Crippen molar-refractivity contribution in [1.29, 1.82) is 0 Å². The Morgan fingerprint density at radius 3 is 2.52 bits per heavy atom. The molecule has 2 rings (SSSR count). The maximum atomic E-state index is 11.7. The number of amides is 2. The van der Waals surface area contributed by atoms with E-state index in [1.54, 1.807) is 6.07 Å². The molecule has 0 aliphatic heterocycles. The minimum Gasteiger partial charge on any atom is -0.318 e. The van der Waals surface area contributed by atoms with Crippen LogP contribution in [0.3, 0.4) is 0 Å². The van der Waals surface area contributed by atoms with Gasteiger partial charge in [-0.05, 0) is 18.2 Å². The summed E-state index contributed by atoms with van der Waals surface area (Å²) in [6.07, 6.45) is 1.18. The molecular weight excluding hydrogens is 371 g/mol. The molecule has 0 fully saturated rings. The van der Waals surface area contributed by atoms with E-state index < -0.39 is 16.7 Å². The largest absolute Gasteiger partial charge is 0.329 e. The molecule has 0 saturated carbocycles. The van der Waals surface area contributed by atoms with Crippen LogP contribution < -0.4 is 10.7 Å². The van der Waals surface area contributed by atoms with Gasteiger partial charge in [-0.15, -0.1) is 0 Å². The fourth-order valence-corrected chi connectivity index (χ4v) is 1.99.